The van der Waals surface area contributed by atoms with Crippen LogP contribution in [-0.2, 0) is 17.3 Å². The smallest absolute Gasteiger partial charge is 0.208 e. The van der Waals surface area contributed by atoms with E-state index in [0.717, 1.165) is 16.3 Å². The molecule has 0 bridgehead atoms. The Morgan fingerprint density at radius 3 is 2.17 bits per heavy atom. The molecule has 1 atom stereocenters. The lowest BCUT2D eigenvalue weighted by Gasteiger charge is -2.07. The molecule has 2 aromatic carbocycles. The molecule has 0 saturated carbocycles. The topological polar surface area (TPSA) is 46.9 Å². The standard InChI is InChI=1S/C17H17N3OS.2ClH/c1-18-12-14-13-20(15-8-4-2-5-9-15)17(19-14)22(21)16-10-6-3-7-11-16;;/h2-11,13,18H,12H2,1H3;2*1H. The van der Waals surface area contributed by atoms with Gasteiger partial charge in [-0.05, 0) is 31.3 Å². The zero-order valence-corrected chi connectivity index (χ0v) is 15.5. The minimum Gasteiger partial charge on any atom is -0.314 e. The molecular formula is C17H19Cl2N3OS. The molecule has 7 heteroatoms. The largest absolute Gasteiger partial charge is 0.314 e. The second kappa shape index (κ2) is 9.59. The van der Waals surface area contributed by atoms with Gasteiger partial charge in [0.25, 0.3) is 0 Å². The summed E-state index contributed by atoms with van der Waals surface area (Å²) in [6, 6.07) is 19.3. The number of para-hydroxylation sites is 1. The average Bonchev–Trinajstić information content (AvgIpc) is 3.00. The number of imidazole rings is 1. The highest BCUT2D eigenvalue weighted by Gasteiger charge is 2.17. The van der Waals surface area contributed by atoms with E-state index in [0.29, 0.717) is 11.7 Å². The van der Waals surface area contributed by atoms with Gasteiger partial charge in [0.05, 0.1) is 5.69 Å². The summed E-state index contributed by atoms with van der Waals surface area (Å²) in [5, 5.41) is 3.62. The fourth-order valence-corrected chi connectivity index (χ4v) is 3.38. The van der Waals surface area contributed by atoms with Gasteiger partial charge in [-0.2, -0.15) is 0 Å². The molecule has 0 aliphatic rings. The van der Waals surface area contributed by atoms with Crippen molar-refractivity contribution < 1.29 is 4.21 Å². The van der Waals surface area contributed by atoms with Crippen LogP contribution in [0.5, 0.6) is 0 Å². The third kappa shape index (κ3) is 4.45. The fraction of sp³-hybridized carbons (Fsp3) is 0.118. The lowest BCUT2D eigenvalue weighted by molar-refractivity contribution is 0.672. The molecule has 0 radical (unpaired) electrons. The maximum absolute atomic E-state index is 12.9. The van der Waals surface area contributed by atoms with Crippen molar-refractivity contribution >= 4 is 35.6 Å². The Morgan fingerprint density at radius 2 is 1.58 bits per heavy atom. The highest BCUT2D eigenvalue weighted by atomic mass is 35.5. The van der Waals surface area contributed by atoms with Gasteiger partial charge in [0, 0.05) is 23.3 Å². The van der Waals surface area contributed by atoms with Crippen LogP contribution in [0, 0.1) is 0 Å². The summed E-state index contributed by atoms with van der Waals surface area (Å²) in [4.78, 5) is 5.30. The van der Waals surface area contributed by atoms with Crippen molar-refractivity contribution in [1.82, 2.24) is 14.9 Å². The zero-order chi connectivity index (χ0) is 15.4. The van der Waals surface area contributed by atoms with Crippen molar-refractivity contribution in [3.05, 3.63) is 72.6 Å². The summed E-state index contributed by atoms with van der Waals surface area (Å²) >= 11 is 0. The van der Waals surface area contributed by atoms with Gasteiger partial charge in [0.2, 0.25) is 5.16 Å². The van der Waals surface area contributed by atoms with E-state index in [1.54, 1.807) is 0 Å². The molecule has 4 nitrogen and oxygen atoms in total. The molecule has 0 aliphatic heterocycles. The molecular weight excluding hydrogens is 365 g/mol. The van der Waals surface area contributed by atoms with Gasteiger partial charge < -0.3 is 5.32 Å². The summed E-state index contributed by atoms with van der Waals surface area (Å²) in [6.45, 7) is 0.638. The minimum absolute atomic E-state index is 0. The highest BCUT2D eigenvalue weighted by molar-refractivity contribution is 7.85. The Bertz CT molecular complexity index is 779. The van der Waals surface area contributed by atoms with Gasteiger partial charge in [-0.15, -0.1) is 24.8 Å². The second-order valence-electron chi connectivity index (χ2n) is 4.83. The van der Waals surface area contributed by atoms with E-state index >= 15 is 0 Å². The molecule has 24 heavy (non-hydrogen) atoms. The summed E-state index contributed by atoms with van der Waals surface area (Å²) in [5.41, 5.74) is 1.82. The summed E-state index contributed by atoms with van der Waals surface area (Å²) in [5.74, 6) is 0. The molecule has 1 aromatic heterocycles. The first-order valence-electron chi connectivity index (χ1n) is 7.04. The van der Waals surface area contributed by atoms with Gasteiger partial charge in [0.1, 0.15) is 10.8 Å². The number of aromatic nitrogens is 2. The van der Waals surface area contributed by atoms with Gasteiger partial charge in [-0.3, -0.25) is 4.57 Å². The molecule has 0 amide bonds. The van der Waals surface area contributed by atoms with Crippen LogP contribution in [0.1, 0.15) is 5.69 Å². The summed E-state index contributed by atoms with van der Waals surface area (Å²) in [6.07, 6.45) is 1.93. The molecule has 1 N–H and O–H groups in total. The van der Waals surface area contributed by atoms with Crippen LogP contribution in [0.4, 0.5) is 0 Å². The molecule has 0 fully saturated rings. The zero-order valence-electron chi connectivity index (χ0n) is 13.1. The number of hydrogen-bond donors (Lipinski definition) is 1. The maximum Gasteiger partial charge on any atom is 0.208 e. The van der Waals surface area contributed by atoms with Crippen molar-refractivity contribution in [2.24, 2.45) is 0 Å². The third-order valence-electron chi connectivity index (χ3n) is 3.24. The Balaban J connectivity index is 0.00000144. The number of nitrogens with zero attached hydrogens (tertiary/aromatic N) is 2. The molecule has 3 aromatic rings. The van der Waals surface area contributed by atoms with E-state index in [2.05, 4.69) is 10.3 Å². The van der Waals surface area contributed by atoms with E-state index < -0.39 is 10.8 Å². The van der Waals surface area contributed by atoms with Gasteiger partial charge in [0.15, 0.2) is 0 Å². The van der Waals surface area contributed by atoms with Crippen LogP contribution in [0.25, 0.3) is 5.69 Å². The van der Waals surface area contributed by atoms with Crippen molar-refractivity contribution in [2.45, 2.75) is 16.6 Å². The van der Waals surface area contributed by atoms with Crippen LogP contribution < -0.4 is 5.32 Å². The van der Waals surface area contributed by atoms with Gasteiger partial charge >= 0.3 is 0 Å². The van der Waals surface area contributed by atoms with E-state index in [1.807, 2.05) is 78.5 Å². The van der Waals surface area contributed by atoms with Crippen LogP contribution in [-0.4, -0.2) is 20.8 Å². The molecule has 1 unspecified atom stereocenters. The second-order valence-corrected chi connectivity index (χ2v) is 6.21. The molecule has 1 heterocycles. The van der Waals surface area contributed by atoms with Gasteiger partial charge in [-0.1, -0.05) is 36.4 Å². The van der Waals surface area contributed by atoms with E-state index in [-0.39, 0.29) is 24.8 Å². The summed E-state index contributed by atoms with van der Waals surface area (Å²) < 4.78 is 14.8. The minimum atomic E-state index is -1.32. The predicted octanol–water partition coefficient (Wildman–Crippen LogP) is 3.60. The molecule has 128 valence electrons. The van der Waals surface area contributed by atoms with Crippen LogP contribution in [0.3, 0.4) is 0 Å². The van der Waals surface area contributed by atoms with E-state index in [1.165, 1.54) is 0 Å². The molecule has 0 spiro atoms. The lowest BCUT2D eigenvalue weighted by Crippen LogP contribution is -2.05. The monoisotopic (exact) mass is 383 g/mol. The predicted molar refractivity (Wildman–Crippen MR) is 102 cm³/mol. The normalized spacial score (nSPS) is 11.2. The fourth-order valence-electron chi connectivity index (χ4n) is 2.23. The first-order chi connectivity index (χ1) is 10.8. The molecule has 3 rings (SSSR count). The van der Waals surface area contributed by atoms with Crippen LogP contribution >= 0.6 is 24.8 Å². The highest BCUT2D eigenvalue weighted by Crippen LogP contribution is 2.20. The van der Waals surface area contributed by atoms with E-state index in [4.69, 9.17) is 0 Å². The lowest BCUT2D eigenvalue weighted by atomic mass is 10.3. The summed E-state index contributed by atoms with van der Waals surface area (Å²) in [7, 11) is 0.553. The first kappa shape index (κ1) is 20.4. The van der Waals surface area contributed by atoms with Crippen molar-refractivity contribution in [3.63, 3.8) is 0 Å². The third-order valence-corrected chi connectivity index (χ3v) is 4.56. The van der Waals surface area contributed by atoms with Gasteiger partial charge in [-0.25, -0.2) is 9.19 Å². The quantitative estimate of drug-likeness (QED) is 0.731. The molecule has 0 aliphatic carbocycles. The Morgan fingerprint density at radius 1 is 1.00 bits per heavy atom. The van der Waals surface area contributed by atoms with Crippen molar-refractivity contribution in [1.29, 1.82) is 0 Å². The number of benzene rings is 2. The Kier molecular flexibility index (Phi) is 8.15. The molecule has 0 saturated heterocycles. The SMILES string of the molecule is CNCc1cn(-c2ccccc2)c(S(=O)c2ccccc2)n1.Cl.Cl. The number of rotatable bonds is 5. The number of hydrogen-bond acceptors (Lipinski definition) is 3. The van der Waals surface area contributed by atoms with Crippen molar-refractivity contribution in [3.8, 4) is 5.69 Å². The average molecular weight is 384 g/mol. The van der Waals surface area contributed by atoms with Crippen molar-refractivity contribution in [2.75, 3.05) is 7.05 Å². The van der Waals surface area contributed by atoms with Crippen LogP contribution in [0.15, 0.2) is 76.9 Å². The maximum atomic E-state index is 12.9. The first-order valence-corrected chi connectivity index (χ1v) is 8.19. The number of halogens is 2. The Labute approximate surface area is 156 Å². The van der Waals surface area contributed by atoms with E-state index in [9.17, 15) is 4.21 Å². The Hall–Kier alpha value is -1.66. The van der Waals surface area contributed by atoms with Crippen LogP contribution in [0.2, 0.25) is 0 Å². The number of nitrogens with one attached hydrogen (secondary N) is 1.